The zero-order valence-corrected chi connectivity index (χ0v) is 23.2. The van der Waals surface area contributed by atoms with E-state index in [0.29, 0.717) is 31.4 Å². The molecule has 2 bridgehead atoms. The molecule has 3 aliphatic rings. The summed E-state index contributed by atoms with van der Waals surface area (Å²) in [5.74, 6) is 0.390. The third-order valence-electron chi connectivity index (χ3n) is 9.14. The van der Waals surface area contributed by atoms with Gasteiger partial charge >= 0.3 is 11.4 Å². The van der Waals surface area contributed by atoms with Crippen molar-refractivity contribution in [3.05, 3.63) is 83.4 Å². The highest BCUT2D eigenvalue weighted by Gasteiger charge is 2.68. The quantitative estimate of drug-likeness (QED) is 0.252. The van der Waals surface area contributed by atoms with Gasteiger partial charge in [-0.3, -0.25) is 8.37 Å². The predicted octanol–water partition coefficient (Wildman–Crippen LogP) is 4.95. The van der Waals surface area contributed by atoms with Crippen LogP contribution in [-0.4, -0.2) is 40.5 Å². The number of aryl methyl sites for hydroxylation is 1. The van der Waals surface area contributed by atoms with Crippen molar-refractivity contribution in [3.63, 3.8) is 0 Å². The molecule has 0 saturated heterocycles. The zero-order chi connectivity index (χ0) is 27.7. The van der Waals surface area contributed by atoms with E-state index >= 15 is 0 Å². The minimum Gasteiger partial charge on any atom is -0.504 e. The first-order valence-electron chi connectivity index (χ1n) is 14.0. The number of carbonyl (C=O) groups is 1. The fourth-order valence-electron chi connectivity index (χ4n) is 7.26. The number of aldehydes is 1. The van der Waals surface area contributed by atoms with Gasteiger partial charge in [-0.1, -0.05) is 60.7 Å². The van der Waals surface area contributed by atoms with Gasteiger partial charge in [0.05, 0.1) is 12.0 Å². The van der Waals surface area contributed by atoms with Gasteiger partial charge in [-0.25, -0.2) is 0 Å². The van der Waals surface area contributed by atoms with Gasteiger partial charge in [0.15, 0.2) is 11.5 Å². The standard InChI is InChI=1S/C32H35NO6S/c33-27-15-17-31-21-37-30-28(35)14-13-25(29(30)31)20-26(27)32(31,16-5-18-34)39-40(36)38-19-4-6-22-9-11-24(12-10-22)23-7-2-1-3-8-23/h1-3,7-14,18,26-27,35H,4-6,15-17,19-21,33H2. The number of phenolic OH excluding ortho intramolecular Hbond substituents is 1. The molecule has 1 spiro atoms. The molecule has 8 heteroatoms. The summed E-state index contributed by atoms with van der Waals surface area (Å²) >= 11 is -2.05. The molecule has 3 N–H and O–H groups in total. The summed E-state index contributed by atoms with van der Waals surface area (Å²) in [7, 11) is 0. The van der Waals surface area contributed by atoms with Crippen LogP contribution in [0.5, 0.6) is 11.5 Å². The highest BCUT2D eigenvalue weighted by Crippen LogP contribution is 2.64. The summed E-state index contributed by atoms with van der Waals surface area (Å²) in [4.78, 5) is 11.6. The molecule has 6 rings (SSSR count). The van der Waals surface area contributed by atoms with E-state index in [9.17, 15) is 14.1 Å². The molecule has 40 heavy (non-hydrogen) atoms. The highest BCUT2D eigenvalue weighted by atomic mass is 32.2. The van der Waals surface area contributed by atoms with Crippen molar-refractivity contribution in [1.29, 1.82) is 0 Å². The fourth-order valence-corrected chi connectivity index (χ4v) is 8.17. The first-order valence-corrected chi connectivity index (χ1v) is 15.0. The van der Waals surface area contributed by atoms with Gasteiger partial charge in [-0.05, 0) is 66.8 Å². The summed E-state index contributed by atoms with van der Waals surface area (Å²) in [6.45, 7) is 0.546. The number of hydrogen-bond donors (Lipinski definition) is 2. The Labute approximate surface area is 237 Å². The molecular weight excluding hydrogens is 526 g/mol. The van der Waals surface area contributed by atoms with Gasteiger partial charge in [-0.15, -0.1) is 0 Å². The van der Waals surface area contributed by atoms with Crippen LogP contribution in [0.15, 0.2) is 66.7 Å². The van der Waals surface area contributed by atoms with E-state index in [4.69, 9.17) is 18.8 Å². The van der Waals surface area contributed by atoms with Gasteiger partial charge in [0.2, 0.25) is 0 Å². The molecule has 1 saturated carbocycles. The normalized spacial score (nSPS) is 27.0. The Bertz CT molecular complexity index is 1400. The summed E-state index contributed by atoms with van der Waals surface area (Å²) in [6, 6.07) is 22.1. The number of hydrogen-bond acceptors (Lipinski definition) is 7. The molecular formula is C32H35NO6S. The zero-order valence-electron chi connectivity index (χ0n) is 22.4. The molecule has 1 aliphatic heterocycles. The monoisotopic (exact) mass is 561 g/mol. The van der Waals surface area contributed by atoms with E-state index in [0.717, 1.165) is 30.3 Å². The summed E-state index contributed by atoms with van der Waals surface area (Å²) < 4.78 is 31.5. The highest BCUT2D eigenvalue weighted by molar-refractivity contribution is 7.75. The lowest BCUT2D eigenvalue weighted by atomic mass is 9.49. The Hall–Kier alpha value is -3.04. The Morgan fingerprint density at radius 1 is 1.07 bits per heavy atom. The lowest BCUT2D eigenvalue weighted by Crippen LogP contribution is -2.69. The Morgan fingerprint density at radius 3 is 2.62 bits per heavy atom. The topological polar surface area (TPSA) is 108 Å². The molecule has 0 amide bonds. The van der Waals surface area contributed by atoms with E-state index in [1.807, 2.05) is 24.3 Å². The van der Waals surface area contributed by atoms with E-state index in [2.05, 4.69) is 36.4 Å². The minimum absolute atomic E-state index is 0.0856. The molecule has 210 valence electrons. The molecule has 5 unspecified atom stereocenters. The first kappa shape index (κ1) is 27.1. The number of carbonyl (C=O) groups excluding carboxylic acids is 1. The molecule has 3 aromatic carbocycles. The molecule has 0 radical (unpaired) electrons. The molecule has 2 aliphatic carbocycles. The van der Waals surface area contributed by atoms with Crippen LogP contribution in [0.4, 0.5) is 0 Å². The van der Waals surface area contributed by atoms with Gasteiger partial charge in [0, 0.05) is 23.9 Å². The molecule has 7 nitrogen and oxygen atoms in total. The lowest BCUT2D eigenvalue weighted by Gasteiger charge is -2.59. The number of aromatic hydroxyl groups is 1. The first-order chi connectivity index (χ1) is 19.5. The Balaban J connectivity index is 1.16. The van der Waals surface area contributed by atoms with Gasteiger partial charge in [0.1, 0.15) is 18.5 Å². The largest absolute Gasteiger partial charge is 0.504 e. The van der Waals surface area contributed by atoms with Crippen LogP contribution in [0.25, 0.3) is 11.1 Å². The SMILES string of the molecule is NC1CCC23COc4c(O)ccc(c42)CC1C3(CCC=O)OS(=O)OCCCc1ccc(-c2ccccc2)cc1. The Morgan fingerprint density at radius 2 is 1.85 bits per heavy atom. The molecule has 1 heterocycles. The predicted molar refractivity (Wildman–Crippen MR) is 153 cm³/mol. The number of rotatable bonds is 11. The third-order valence-corrected chi connectivity index (χ3v) is 9.93. The van der Waals surface area contributed by atoms with E-state index < -0.39 is 22.4 Å². The average molecular weight is 562 g/mol. The third kappa shape index (κ3) is 4.57. The van der Waals surface area contributed by atoms with Gasteiger partial charge < -0.3 is 20.4 Å². The molecule has 0 aromatic heterocycles. The molecule has 3 aromatic rings. The van der Waals surface area contributed by atoms with Crippen LogP contribution in [-0.2, 0) is 42.8 Å². The number of fused-ring (bicyclic) bond motifs is 1. The van der Waals surface area contributed by atoms with Crippen molar-refractivity contribution in [2.45, 2.75) is 62.0 Å². The second kappa shape index (κ2) is 11.1. The van der Waals surface area contributed by atoms with Crippen LogP contribution in [0.1, 0.15) is 48.8 Å². The molecule has 5 atom stereocenters. The van der Waals surface area contributed by atoms with Crippen molar-refractivity contribution in [1.82, 2.24) is 0 Å². The second-order valence-corrected chi connectivity index (χ2v) is 12.0. The smallest absolute Gasteiger partial charge is 0.305 e. The minimum atomic E-state index is -2.05. The maximum Gasteiger partial charge on any atom is 0.305 e. The van der Waals surface area contributed by atoms with Crippen LogP contribution < -0.4 is 10.5 Å². The van der Waals surface area contributed by atoms with Crippen molar-refractivity contribution in [3.8, 4) is 22.6 Å². The second-order valence-electron chi connectivity index (χ2n) is 11.2. The fraction of sp³-hybridized carbons (Fsp3) is 0.406. The summed E-state index contributed by atoms with van der Waals surface area (Å²) in [5.41, 5.74) is 10.5. The van der Waals surface area contributed by atoms with Gasteiger partial charge in [-0.2, -0.15) is 4.21 Å². The van der Waals surface area contributed by atoms with E-state index in [-0.39, 0.29) is 37.3 Å². The summed E-state index contributed by atoms with van der Waals surface area (Å²) in [6.07, 6.45) is 4.94. The maximum absolute atomic E-state index is 13.3. The number of benzene rings is 3. The van der Waals surface area contributed by atoms with Crippen LogP contribution in [0.2, 0.25) is 0 Å². The van der Waals surface area contributed by atoms with E-state index in [1.54, 1.807) is 6.07 Å². The van der Waals surface area contributed by atoms with Crippen molar-refractivity contribution < 1.29 is 27.2 Å². The van der Waals surface area contributed by atoms with Crippen LogP contribution in [0.3, 0.4) is 0 Å². The average Bonchev–Trinajstić information content (AvgIpc) is 3.38. The van der Waals surface area contributed by atoms with Crippen LogP contribution in [0, 0.1) is 5.92 Å². The summed E-state index contributed by atoms with van der Waals surface area (Å²) in [5, 5.41) is 10.5. The van der Waals surface area contributed by atoms with Crippen LogP contribution >= 0.6 is 0 Å². The number of nitrogens with two attached hydrogens (primary N) is 1. The van der Waals surface area contributed by atoms with Crippen molar-refractivity contribution in [2.75, 3.05) is 13.2 Å². The molecule has 1 fully saturated rings. The lowest BCUT2D eigenvalue weighted by molar-refractivity contribution is -0.124. The van der Waals surface area contributed by atoms with E-state index in [1.165, 1.54) is 16.7 Å². The number of phenols is 1. The van der Waals surface area contributed by atoms with Crippen molar-refractivity contribution in [2.24, 2.45) is 11.7 Å². The Kier molecular flexibility index (Phi) is 7.52. The van der Waals surface area contributed by atoms with Gasteiger partial charge in [0.25, 0.3) is 0 Å². The van der Waals surface area contributed by atoms with Crippen molar-refractivity contribution >= 4 is 17.6 Å². The maximum atomic E-state index is 13.3. The number of ether oxygens (including phenoxy) is 1.